The molecule has 1 fully saturated rings. The number of aromatic nitrogens is 2. The number of imidazole rings is 1. The number of rotatable bonds is 2. The van der Waals surface area contributed by atoms with Crippen LogP contribution in [0.4, 0.5) is 0 Å². The smallest absolute Gasteiger partial charge is 0.194 e. The Kier molecular flexibility index (Phi) is 1.85. The van der Waals surface area contributed by atoms with Crippen molar-refractivity contribution in [2.24, 2.45) is 5.92 Å². The van der Waals surface area contributed by atoms with Crippen LogP contribution >= 0.6 is 11.3 Å². The standard InChI is InChI=1S/C10H13N3S/c1-7-9(4-8-5-11-6-8)13-2-3-14-10(13)12-7/h2-3,8,11H,4-6H2,1H3. The van der Waals surface area contributed by atoms with Gasteiger partial charge in [0.05, 0.1) is 5.69 Å². The SMILES string of the molecule is Cc1nc2sccn2c1CC1CNC1. The van der Waals surface area contributed by atoms with E-state index in [1.165, 1.54) is 11.4 Å². The van der Waals surface area contributed by atoms with Gasteiger partial charge in [0.2, 0.25) is 0 Å². The molecule has 74 valence electrons. The fraction of sp³-hybridized carbons (Fsp3) is 0.500. The van der Waals surface area contributed by atoms with Crippen molar-refractivity contribution in [3.05, 3.63) is 23.0 Å². The minimum atomic E-state index is 0.813. The molecular formula is C10H13N3S. The summed E-state index contributed by atoms with van der Waals surface area (Å²) >= 11 is 1.71. The summed E-state index contributed by atoms with van der Waals surface area (Å²) in [4.78, 5) is 5.68. The highest BCUT2D eigenvalue weighted by molar-refractivity contribution is 7.15. The van der Waals surface area contributed by atoms with Gasteiger partial charge in [0.15, 0.2) is 4.96 Å². The zero-order chi connectivity index (χ0) is 9.54. The third kappa shape index (κ3) is 1.18. The van der Waals surface area contributed by atoms with Gasteiger partial charge >= 0.3 is 0 Å². The van der Waals surface area contributed by atoms with Gasteiger partial charge < -0.3 is 5.32 Å². The van der Waals surface area contributed by atoms with Gasteiger partial charge in [-0.05, 0) is 32.4 Å². The topological polar surface area (TPSA) is 29.3 Å². The Bertz CT molecular complexity index is 453. The number of fused-ring (bicyclic) bond motifs is 1. The Balaban J connectivity index is 1.99. The maximum Gasteiger partial charge on any atom is 0.194 e. The van der Waals surface area contributed by atoms with Crippen LogP contribution < -0.4 is 5.32 Å². The number of thiazole rings is 1. The van der Waals surface area contributed by atoms with E-state index >= 15 is 0 Å². The molecule has 0 saturated carbocycles. The monoisotopic (exact) mass is 207 g/mol. The van der Waals surface area contributed by atoms with Crippen LogP contribution in [-0.2, 0) is 6.42 Å². The van der Waals surface area contributed by atoms with E-state index in [0.29, 0.717) is 0 Å². The first-order valence-electron chi connectivity index (χ1n) is 4.96. The normalized spacial score (nSPS) is 17.5. The van der Waals surface area contributed by atoms with Crippen LogP contribution in [0, 0.1) is 12.8 Å². The van der Waals surface area contributed by atoms with Gasteiger partial charge in [0.1, 0.15) is 0 Å². The number of hydrogen-bond donors (Lipinski definition) is 1. The molecule has 0 amide bonds. The summed E-state index contributed by atoms with van der Waals surface area (Å²) in [6, 6.07) is 0. The van der Waals surface area contributed by atoms with Crippen molar-refractivity contribution in [1.82, 2.24) is 14.7 Å². The summed E-state index contributed by atoms with van der Waals surface area (Å²) in [5, 5.41) is 5.41. The van der Waals surface area contributed by atoms with Crippen molar-refractivity contribution in [3.8, 4) is 0 Å². The van der Waals surface area contributed by atoms with E-state index in [9.17, 15) is 0 Å². The van der Waals surface area contributed by atoms with E-state index in [2.05, 4.69) is 33.2 Å². The summed E-state index contributed by atoms with van der Waals surface area (Å²) in [5.74, 6) is 0.813. The number of nitrogens with zero attached hydrogens (tertiary/aromatic N) is 2. The van der Waals surface area contributed by atoms with Crippen LogP contribution in [-0.4, -0.2) is 22.5 Å². The van der Waals surface area contributed by atoms with Crippen molar-refractivity contribution < 1.29 is 0 Å². The largest absolute Gasteiger partial charge is 0.316 e. The van der Waals surface area contributed by atoms with Gasteiger partial charge in [-0.3, -0.25) is 4.40 Å². The second-order valence-electron chi connectivity index (χ2n) is 3.93. The van der Waals surface area contributed by atoms with Crippen LogP contribution in [0.25, 0.3) is 4.96 Å². The number of aryl methyl sites for hydroxylation is 1. The lowest BCUT2D eigenvalue weighted by molar-refractivity contribution is 0.343. The van der Waals surface area contributed by atoms with Gasteiger partial charge in [-0.25, -0.2) is 4.98 Å². The van der Waals surface area contributed by atoms with E-state index in [1.807, 2.05) is 0 Å². The van der Waals surface area contributed by atoms with E-state index in [1.54, 1.807) is 11.3 Å². The Morgan fingerprint density at radius 3 is 3.21 bits per heavy atom. The maximum atomic E-state index is 4.55. The van der Waals surface area contributed by atoms with Crippen LogP contribution in [0.15, 0.2) is 11.6 Å². The van der Waals surface area contributed by atoms with Crippen molar-refractivity contribution in [2.45, 2.75) is 13.3 Å². The number of nitrogens with one attached hydrogen (secondary N) is 1. The molecule has 0 aliphatic carbocycles. The lowest BCUT2D eigenvalue weighted by atomic mass is 9.97. The first-order chi connectivity index (χ1) is 6.84. The maximum absolute atomic E-state index is 4.55. The second-order valence-corrected chi connectivity index (χ2v) is 4.80. The molecular weight excluding hydrogens is 194 g/mol. The predicted molar refractivity (Wildman–Crippen MR) is 57.9 cm³/mol. The molecule has 0 unspecified atom stereocenters. The minimum Gasteiger partial charge on any atom is -0.316 e. The molecule has 3 nitrogen and oxygen atoms in total. The van der Waals surface area contributed by atoms with Gasteiger partial charge in [0, 0.05) is 17.3 Å². The predicted octanol–water partition coefficient (Wildman–Crippen LogP) is 1.47. The first-order valence-corrected chi connectivity index (χ1v) is 5.84. The Morgan fingerprint density at radius 2 is 2.50 bits per heavy atom. The van der Waals surface area contributed by atoms with Crippen LogP contribution in [0.5, 0.6) is 0 Å². The summed E-state index contributed by atoms with van der Waals surface area (Å²) < 4.78 is 2.23. The minimum absolute atomic E-state index is 0.813. The molecule has 3 rings (SSSR count). The van der Waals surface area contributed by atoms with Crippen LogP contribution in [0.3, 0.4) is 0 Å². The van der Waals surface area contributed by atoms with Crippen molar-refractivity contribution in [1.29, 1.82) is 0 Å². The molecule has 0 spiro atoms. The fourth-order valence-electron chi connectivity index (χ4n) is 1.95. The molecule has 1 aliphatic rings. The van der Waals surface area contributed by atoms with Crippen LogP contribution in [0.1, 0.15) is 11.4 Å². The summed E-state index contributed by atoms with van der Waals surface area (Å²) in [6.45, 7) is 4.44. The van der Waals surface area contributed by atoms with Crippen molar-refractivity contribution in [2.75, 3.05) is 13.1 Å². The molecule has 0 atom stereocenters. The van der Waals surface area contributed by atoms with Gasteiger partial charge in [-0.1, -0.05) is 0 Å². The highest BCUT2D eigenvalue weighted by Crippen LogP contribution is 2.20. The molecule has 0 radical (unpaired) electrons. The molecule has 4 heteroatoms. The summed E-state index contributed by atoms with van der Waals surface area (Å²) in [6.07, 6.45) is 3.29. The average Bonchev–Trinajstić information content (AvgIpc) is 2.59. The average molecular weight is 207 g/mol. The quantitative estimate of drug-likeness (QED) is 0.808. The van der Waals surface area contributed by atoms with E-state index in [-0.39, 0.29) is 0 Å². The molecule has 0 bridgehead atoms. The Hall–Kier alpha value is -0.870. The lowest BCUT2D eigenvalue weighted by Crippen LogP contribution is -2.43. The van der Waals surface area contributed by atoms with E-state index < -0.39 is 0 Å². The summed E-state index contributed by atoms with van der Waals surface area (Å²) in [5.41, 5.74) is 2.59. The Morgan fingerprint density at radius 1 is 1.64 bits per heavy atom. The zero-order valence-electron chi connectivity index (χ0n) is 8.16. The van der Waals surface area contributed by atoms with Crippen molar-refractivity contribution >= 4 is 16.3 Å². The van der Waals surface area contributed by atoms with E-state index in [0.717, 1.165) is 30.4 Å². The molecule has 14 heavy (non-hydrogen) atoms. The third-order valence-corrected chi connectivity index (χ3v) is 3.67. The first kappa shape index (κ1) is 8.44. The van der Waals surface area contributed by atoms with Crippen LogP contribution in [0.2, 0.25) is 0 Å². The molecule has 2 aromatic heterocycles. The highest BCUT2D eigenvalue weighted by Gasteiger charge is 2.20. The van der Waals surface area contributed by atoms with Crippen molar-refractivity contribution in [3.63, 3.8) is 0 Å². The zero-order valence-corrected chi connectivity index (χ0v) is 8.97. The molecule has 0 aromatic carbocycles. The fourth-order valence-corrected chi connectivity index (χ4v) is 2.73. The second kappa shape index (κ2) is 3.07. The molecule has 1 N–H and O–H groups in total. The molecule has 1 saturated heterocycles. The third-order valence-electron chi connectivity index (χ3n) is 2.91. The van der Waals surface area contributed by atoms with Gasteiger partial charge in [-0.15, -0.1) is 11.3 Å². The number of hydrogen-bond acceptors (Lipinski definition) is 3. The molecule has 2 aromatic rings. The van der Waals surface area contributed by atoms with E-state index in [4.69, 9.17) is 0 Å². The molecule has 1 aliphatic heterocycles. The van der Waals surface area contributed by atoms with Gasteiger partial charge in [-0.2, -0.15) is 0 Å². The summed E-state index contributed by atoms with van der Waals surface area (Å²) in [7, 11) is 0. The lowest BCUT2D eigenvalue weighted by Gasteiger charge is -2.26. The Labute approximate surface area is 86.8 Å². The van der Waals surface area contributed by atoms with Gasteiger partial charge in [0.25, 0.3) is 0 Å². The highest BCUT2D eigenvalue weighted by atomic mass is 32.1. The molecule has 3 heterocycles.